The van der Waals surface area contributed by atoms with Crippen LogP contribution < -0.4 is 0 Å². The summed E-state index contributed by atoms with van der Waals surface area (Å²) in [6.07, 6.45) is 6.46. The smallest absolute Gasteiger partial charge is 0.159 e. The molecule has 0 radical (unpaired) electrons. The average Bonchev–Trinajstić information content (AvgIpc) is 2.39. The number of hydrogen-bond donors (Lipinski definition) is 0. The molecule has 2 atom stereocenters. The molecule has 70 valence electrons. The molecule has 0 aromatic carbocycles. The molecule has 1 aliphatic carbocycles. The molecule has 2 heteroatoms. The molecule has 0 unspecified atom stereocenters. The lowest BCUT2D eigenvalue weighted by Crippen LogP contribution is -2.21. The maximum Gasteiger partial charge on any atom is 0.159 e. The summed E-state index contributed by atoms with van der Waals surface area (Å²) in [4.78, 5) is 11.3. The number of hydrogen-bond acceptors (Lipinski definition) is 2. The van der Waals surface area contributed by atoms with Crippen molar-refractivity contribution in [1.82, 2.24) is 0 Å². The van der Waals surface area contributed by atoms with Gasteiger partial charge in [0, 0.05) is 11.5 Å². The molecule has 13 heavy (non-hydrogen) atoms. The third kappa shape index (κ3) is 1.30. The van der Waals surface area contributed by atoms with Crippen molar-refractivity contribution in [3.8, 4) is 0 Å². The fourth-order valence-electron chi connectivity index (χ4n) is 2.27. The van der Waals surface area contributed by atoms with Gasteiger partial charge in [0.15, 0.2) is 5.78 Å². The lowest BCUT2D eigenvalue weighted by atomic mass is 9.85. The Labute approximate surface area is 78.3 Å². The topological polar surface area (TPSA) is 26.3 Å². The van der Waals surface area contributed by atoms with Crippen molar-refractivity contribution in [1.29, 1.82) is 0 Å². The second-order valence-electron chi connectivity index (χ2n) is 3.72. The zero-order valence-corrected chi connectivity index (χ0v) is 8.04. The van der Waals surface area contributed by atoms with Gasteiger partial charge in [-0.3, -0.25) is 4.79 Å². The van der Waals surface area contributed by atoms with Crippen LogP contribution in [0.15, 0.2) is 23.5 Å². The van der Waals surface area contributed by atoms with Crippen molar-refractivity contribution in [3.63, 3.8) is 0 Å². The lowest BCUT2D eigenvalue weighted by molar-refractivity contribution is -0.114. The van der Waals surface area contributed by atoms with Gasteiger partial charge in [0.2, 0.25) is 0 Å². The number of carbonyl (C=O) groups excluding carboxylic acids is 1. The van der Waals surface area contributed by atoms with Gasteiger partial charge in [-0.15, -0.1) is 0 Å². The van der Waals surface area contributed by atoms with Crippen molar-refractivity contribution in [2.24, 2.45) is 5.92 Å². The monoisotopic (exact) mass is 178 g/mol. The number of ketones is 1. The minimum absolute atomic E-state index is 0.132. The molecule has 0 aromatic heterocycles. The number of ether oxygens (including phenoxy) is 1. The van der Waals surface area contributed by atoms with Gasteiger partial charge in [0.05, 0.1) is 0 Å². The summed E-state index contributed by atoms with van der Waals surface area (Å²) in [5, 5.41) is 0. The summed E-state index contributed by atoms with van der Waals surface area (Å²) in [5.41, 5.74) is 0.911. The molecule has 2 aliphatic rings. The first kappa shape index (κ1) is 8.54. The van der Waals surface area contributed by atoms with Crippen LogP contribution in [0.2, 0.25) is 0 Å². The first-order chi connectivity index (χ1) is 6.20. The van der Waals surface area contributed by atoms with Crippen molar-refractivity contribution in [2.45, 2.75) is 32.8 Å². The maximum absolute atomic E-state index is 11.3. The highest BCUT2D eigenvalue weighted by Crippen LogP contribution is 2.37. The zero-order valence-electron chi connectivity index (χ0n) is 8.04. The molecule has 2 nitrogen and oxygen atoms in total. The second kappa shape index (κ2) is 3.02. The van der Waals surface area contributed by atoms with Crippen LogP contribution in [0.1, 0.15) is 26.7 Å². The first-order valence-electron chi connectivity index (χ1n) is 4.75. The molecule has 1 aliphatic heterocycles. The van der Waals surface area contributed by atoms with Crippen LogP contribution in [0.25, 0.3) is 0 Å². The van der Waals surface area contributed by atoms with Crippen LogP contribution in [-0.2, 0) is 9.53 Å². The third-order valence-electron chi connectivity index (χ3n) is 2.81. The van der Waals surface area contributed by atoms with E-state index in [4.69, 9.17) is 4.74 Å². The van der Waals surface area contributed by atoms with Gasteiger partial charge in [0.25, 0.3) is 0 Å². The number of allylic oxidation sites excluding steroid dienone is 2. The summed E-state index contributed by atoms with van der Waals surface area (Å²) in [5.74, 6) is 1.32. The van der Waals surface area contributed by atoms with Gasteiger partial charge < -0.3 is 4.74 Å². The van der Waals surface area contributed by atoms with Gasteiger partial charge in [-0.1, -0.05) is 6.08 Å². The van der Waals surface area contributed by atoms with E-state index in [0.29, 0.717) is 5.92 Å². The van der Waals surface area contributed by atoms with Gasteiger partial charge in [-0.2, -0.15) is 0 Å². The third-order valence-corrected chi connectivity index (χ3v) is 2.81. The SMILES string of the molecule is CC(=O)C1=C(C)O[C@@H]2C=CCC[C@H]12. The molecule has 0 fully saturated rings. The van der Waals surface area contributed by atoms with Crippen molar-refractivity contribution < 1.29 is 9.53 Å². The van der Waals surface area contributed by atoms with Crippen LogP contribution in [0.3, 0.4) is 0 Å². The van der Waals surface area contributed by atoms with Gasteiger partial charge in [0.1, 0.15) is 11.9 Å². The Bertz CT molecular complexity index is 299. The minimum atomic E-state index is 0.132. The number of Topliss-reactive ketones (excluding diaryl/α,β-unsaturated/α-hetero) is 1. The molecule has 0 saturated carbocycles. The van der Waals surface area contributed by atoms with E-state index in [0.717, 1.165) is 24.2 Å². The fraction of sp³-hybridized carbons (Fsp3) is 0.545. The highest BCUT2D eigenvalue weighted by Gasteiger charge is 2.36. The Morgan fingerprint density at radius 2 is 2.38 bits per heavy atom. The standard InChI is InChI=1S/C11H14O2/c1-7(12)11-8(2)13-10-6-4-3-5-9(10)11/h4,6,9-10H,3,5H2,1-2H3/t9-,10+/m0/s1. The molecule has 1 heterocycles. The first-order valence-corrected chi connectivity index (χ1v) is 4.75. The van der Waals surface area contributed by atoms with Gasteiger partial charge >= 0.3 is 0 Å². The Kier molecular flexibility index (Phi) is 1.98. The van der Waals surface area contributed by atoms with Crippen LogP contribution in [0.5, 0.6) is 0 Å². The quantitative estimate of drug-likeness (QED) is 0.575. The molecule has 0 N–H and O–H groups in total. The summed E-state index contributed by atoms with van der Waals surface area (Å²) >= 11 is 0. The van der Waals surface area contributed by atoms with E-state index in [-0.39, 0.29) is 11.9 Å². The number of rotatable bonds is 1. The summed E-state index contributed by atoms with van der Waals surface area (Å²) < 4.78 is 5.61. The Morgan fingerprint density at radius 3 is 3.08 bits per heavy atom. The highest BCUT2D eigenvalue weighted by atomic mass is 16.5. The van der Waals surface area contributed by atoms with Crippen LogP contribution in [0.4, 0.5) is 0 Å². The molecule has 2 rings (SSSR count). The summed E-state index contributed by atoms with van der Waals surface area (Å²) in [7, 11) is 0. The van der Waals surface area contributed by atoms with E-state index in [2.05, 4.69) is 12.2 Å². The zero-order chi connectivity index (χ0) is 9.42. The van der Waals surface area contributed by atoms with E-state index < -0.39 is 0 Å². The lowest BCUT2D eigenvalue weighted by Gasteiger charge is -2.20. The molecule has 0 aromatic rings. The van der Waals surface area contributed by atoms with Gasteiger partial charge in [-0.25, -0.2) is 0 Å². The Hall–Kier alpha value is -1.05. The molecular weight excluding hydrogens is 164 g/mol. The molecule has 0 amide bonds. The predicted octanol–water partition coefficient (Wildman–Crippen LogP) is 2.21. The van der Waals surface area contributed by atoms with E-state index in [9.17, 15) is 4.79 Å². The maximum atomic E-state index is 11.3. The van der Waals surface area contributed by atoms with Crippen LogP contribution in [-0.4, -0.2) is 11.9 Å². The van der Waals surface area contributed by atoms with E-state index in [1.807, 2.05) is 6.92 Å². The van der Waals surface area contributed by atoms with Crippen molar-refractivity contribution >= 4 is 5.78 Å². The second-order valence-corrected chi connectivity index (χ2v) is 3.72. The molecule has 0 spiro atoms. The predicted molar refractivity (Wildman–Crippen MR) is 50.1 cm³/mol. The van der Waals surface area contributed by atoms with E-state index in [1.165, 1.54) is 0 Å². The number of fused-ring (bicyclic) bond motifs is 1. The van der Waals surface area contributed by atoms with Crippen LogP contribution >= 0.6 is 0 Å². The molecule has 0 bridgehead atoms. The summed E-state index contributed by atoms with van der Waals surface area (Å²) in [6, 6.07) is 0. The highest BCUT2D eigenvalue weighted by molar-refractivity contribution is 5.94. The number of carbonyl (C=O) groups is 1. The summed E-state index contributed by atoms with van der Waals surface area (Å²) in [6.45, 7) is 3.52. The largest absolute Gasteiger partial charge is 0.490 e. The fourth-order valence-corrected chi connectivity index (χ4v) is 2.27. The molecule has 0 saturated heterocycles. The normalized spacial score (nSPS) is 31.5. The average molecular weight is 178 g/mol. The van der Waals surface area contributed by atoms with E-state index >= 15 is 0 Å². The van der Waals surface area contributed by atoms with E-state index in [1.54, 1.807) is 6.92 Å². The minimum Gasteiger partial charge on any atom is -0.490 e. The van der Waals surface area contributed by atoms with Crippen LogP contribution in [0, 0.1) is 5.92 Å². The Morgan fingerprint density at radius 1 is 1.62 bits per heavy atom. The van der Waals surface area contributed by atoms with Gasteiger partial charge in [-0.05, 0) is 32.8 Å². The van der Waals surface area contributed by atoms with Crippen molar-refractivity contribution in [2.75, 3.05) is 0 Å². The van der Waals surface area contributed by atoms with Crippen molar-refractivity contribution in [3.05, 3.63) is 23.5 Å². The molecular formula is C11H14O2. The Balaban J connectivity index is 2.31.